The number of carbonyl (C=O) groups excluding carboxylic acids is 1. The Morgan fingerprint density at radius 2 is 2.07 bits per heavy atom. The number of hydrogen-bond acceptors (Lipinski definition) is 3. The van der Waals surface area contributed by atoms with Crippen LogP contribution in [0.1, 0.15) is 44.9 Å². The summed E-state index contributed by atoms with van der Waals surface area (Å²) >= 11 is 0. The minimum absolute atomic E-state index is 0.0279. The van der Waals surface area contributed by atoms with Gasteiger partial charge < -0.3 is 16.2 Å². The van der Waals surface area contributed by atoms with Crippen LogP contribution in [0.15, 0.2) is 0 Å². The molecule has 0 aromatic carbocycles. The first-order valence-corrected chi connectivity index (χ1v) is 5.91. The van der Waals surface area contributed by atoms with E-state index in [1.54, 1.807) is 0 Å². The highest BCUT2D eigenvalue weighted by Crippen LogP contribution is 2.17. The number of carbonyl (C=O) groups is 1. The fraction of sp³-hybridized carbons (Fsp3) is 0.909. The van der Waals surface area contributed by atoms with E-state index in [-0.39, 0.29) is 12.5 Å². The highest BCUT2D eigenvalue weighted by Gasteiger charge is 2.20. The molecule has 1 rings (SSSR count). The average molecular weight is 214 g/mol. The van der Waals surface area contributed by atoms with Gasteiger partial charge in [0.05, 0.1) is 6.04 Å². The molecule has 0 heterocycles. The molecule has 1 fully saturated rings. The second kappa shape index (κ2) is 6.80. The van der Waals surface area contributed by atoms with Crippen LogP contribution >= 0.6 is 0 Å². The maximum atomic E-state index is 11.6. The summed E-state index contributed by atoms with van der Waals surface area (Å²) in [6, 6.07) is -0.0569. The third kappa shape index (κ3) is 4.62. The molecule has 4 nitrogen and oxygen atoms in total. The van der Waals surface area contributed by atoms with Gasteiger partial charge in [-0.3, -0.25) is 4.79 Å². The van der Waals surface area contributed by atoms with Crippen LogP contribution in [0.5, 0.6) is 0 Å². The zero-order valence-electron chi connectivity index (χ0n) is 9.24. The van der Waals surface area contributed by atoms with E-state index in [4.69, 9.17) is 10.8 Å². The first kappa shape index (κ1) is 12.5. The molecular weight excluding hydrogens is 192 g/mol. The fourth-order valence-corrected chi connectivity index (χ4v) is 1.99. The number of nitrogens with two attached hydrogens (primary N) is 1. The number of aliphatic hydroxyl groups excluding tert-OH is 1. The lowest BCUT2D eigenvalue weighted by atomic mass is 10.1. The van der Waals surface area contributed by atoms with Crippen molar-refractivity contribution in [3.05, 3.63) is 0 Å². The van der Waals surface area contributed by atoms with Crippen LogP contribution in [0, 0.1) is 0 Å². The summed E-state index contributed by atoms with van der Waals surface area (Å²) < 4.78 is 0. The third-order valence-corrected chi connectivity index (χ3v) is 2.96. The van der Waals surface area contributed by atoms with Crippen molar-refractivity contribution in [3.63, 3.8) is 0 Å². The molecule has 0 saturated heterocycles. The van der Waals surface area contributed by atoms with Gasteiger partial charge in [-0.05, 0) is 32.1 Å². The van der Waals surface area contributed by atoms with E-state index in [2.05, 4.69) is 5.32 Å². The molecule has 4 heteroatoms. The van der Waals surface area contributed by atoms with Crippen LogP contribution in [0.4, 0.5) is 0 Å². The molecule has 1 aliphatic rings. The largest absolute Gasteiger partial charge is 0.396 e. The number of hydrogen-bond donors (Lipinski definition) is 3. The SMILES string of the molecule is NC(CCCCO)C(=O)NC1CCCC1. The second-order valence-electron chi connectivity index (χ2n) is 4.32. The highest BCUT2D eigenvalue weighted by molar-refractivity contribution is 5.81. The van der Waals surface area contributed by atoms with Crippen molar-refractivity contribution in [2.24, 2.45) is 5.73 Å². The Hall–Kier alpha value is -0.610. The Morgan fingerprint density at radius 3 is 2.67 bits per heavy atom. The van der Waals surface area contributed by atoms with Crippen molar-refractivity contribution < 1.29 is 9.90 Å². The number of aliphatic hydroxyl groups is 1. The predicted octanol–water partition coefficient (Wildman–Crippen LogP) is 0.535. The van der Waals surface area contributed by atoms with Crippen molar-refractivity contribution in [2.75, 3.05) is 6.61 Å². The van der Waals surface area contributed by atoms with E-state index in [1.165, 1.54) is 12.8 Å². The minimum atomic E-state index is -0.405. The van der Waals surface area contributed by atoms with E-state index in [0.717, 1.165) is 25.7 Å². The van der Waals surface area contributed by atoms with Gasteiger partial charge in [0.2, 0.25) is 5.91 Å². The van der Waals surface area contributed by atoms with Gasteiger partial charge in [0.15, 0.2) is 0 Å². The Bertz CT molecular complexity index is 191. The van der Waals surface area contributed by atoms with Crippen LogP contribution in [0.3, 0.4) is 0 Å². The van der Waals surface area contributed by atoms with Crippen molar-refractivity contribution in [2.45, 2.75) is 57.0 Å². The van der Waals surface area contributed by atoms with Crippen molar-refractivity contribution in [1.29, 1.82) is 0 Å². The molecule has 0 aliphatic heterocycles. The molecule has 0 aromatic heterocycles. The molecule has 88 valence electrons. The van der Waals surface area contributed by atoms with Crippen molar-refractivity contribution in [1.82, 2.24) is 5.32 Å². The van der Waals surface area contributed by atoms with E-state index >= 15 is 0 Å². The zero-order valence-corrected chi connectivity index (χ0v) is 9.24. The van der Waals surface area contributed by atoms with E-state index < -0.39 is 6.04 Å². The average Bonchev–Trinajstić information content (AvgIpc) is 2.70. The zero-order chi connectivity index (χ0) is 11.1. The summed E-state index contributed by atoms with van der Waals surface area (Å²) in [5.74, 6) is -0.0279. The molecule has 1 atom stereocenters. The summed E-state index contributed by atoms with van der Waals surface area (Å²) in [5, 5.41) is 11.6. The quantitative estimate of drug-likeness (QED) is 0.565. The van der Waals surface area contributed by atoms with Gasteiger partial charge in [-0.2, -0.15) is 0 Å². The van der Waals surface area contributed by atoms with Crippen LogP contribution in [0.25, 0.3) is 0 Å². The molecule has 1 aliphatic carbocycles. The van der Waals surface area contributed by atoms with E-state index in [1.807, 2.05) is 0 Å². The predicted molar refractivity (Wildman–Crippen MR) is 59.3 cm³/mol. The van der Waals surface area contributed by atoms with Crippen molar-refractivity contribution >= 4 is 5.91 Å². The summed E-state index contributed by atoms with van der Waals surface area (Å²) in [5.41, 5.74) is 5.74. The number of unbranched alkanes of at least 4 members (excludes halogenated alkanes) is 1. The van der Waals surface area contributed by atoms with Crippen LogP contribution < -0.4 is 11.1 Å². The van der Waals surface area contributed by atoms with Crippen LogP contribution in [0.2, 0.25) is 0 Å². The second-order valence-corrected chi connectivity index (χ2v) is 4.32. The standard InChI is InChI=1S/C11H22N2O2/c12-10(7-3-4-8-14)11(15)13-9-5-1-2-6-9/h9-10,14H,1-8,12H2,(H,13,15). The van der Waals surface area contributed by atoms with E-state index in [0.29, 0.717) is 12.5 Å². The Labute approximate surface area is 91.2 Å². The molecule has 0 spiro atoms. The highest BCUT2D eigenvalue weighted by atomic mass is 16.2. The minimum Gasteiger partial charge on any atom is -0.396 e. The Balaban J connectivity index is 2.14. The van der Waals surface area contributed by atoms with Gasteiger partial charge in [-0.15, -0.1) is 0 Å². The smallest absolute Gasteiger partial charge is 0.237 e. The first-order chi connectivity index (χ1) is 7.24. The van der Waals surface area contributed by atoms with Gasteiger partial charge in [-0.25, -0.2) is 0 Å². The van der Waals surface area contributed by atoms with Gasteiger partial charge in [0.1, 0.15) is 0 Å². The number of amides is 1. The normalized spacial score (nSPS) is 19.1. The lowest BCUT2D eigenvalue weighted by Crippen LogP contribution is -2.44. The molecular formula is C11H22N2O2. The van der Waals surface area contributed by atoms with Gasteiger partial charge in [0.25, 0.3) is 0 Å². The molecule has 1 saturated carbocycles. The third-order valence-electron chi connectivity index (χ3n) is 2.96. The molecule has 4 N–H and O–H groups in total. The maximum Gasteiger partial charge on any atom is 0.237 e. The van der Waals surface area contributed by atoms with Gasteiger partial charge in [0, 0.05) is 12.6 Å². The fourth-order valence-electron chi connectivity index (χ4n) is 1.99. The molecule has 1 unspecified atom stereocenters. The van der Waals surface area contributed by atoms with Crippen LogP contribution in [-0.4, -0.2) is 29.7 Å². The van der Waals surface area contributed by atoms with Gasteiger partial charge in [-0.1, -0.05) is 12.8 Å². The maximum absolute atomic E-state index is 11.6. The Kier molecular flexibility index (Phi) is 5.65. The van der Waals surface area contributed by atoms with E-state index in [9.17, 15) is 4.79 Å². The lowest BCUT2D eigenvalue weighted by Gasteiger charge is -2.16. The molecule has 15 heavy (non-hydrogen) atoms. The lowest BCUT2D eigenvalue weighted by molar-refractivity contribution is -0.123. The monoisotopic (exact) mass is 214 g/mol. The summed E-state index contributed by atoms with van der Waals surface area (Å²) in [6.45, 7) is 0.178. The molecule has 0 aromatic rings. The first-order valence-electron chi connectivity index (χ1n) is 5.91. The topological polar surface area (TPSA) is 75.3 Å². The van der Waals surface area contributed by atoms with Gasteiger partial charge >= 0.3 is 0 Å². The number of rotatable bonds is 6. The Morgan fingerprint density at radius 1 is 1.40 bits per heavy atom. The summed E-state index contributed by atoms with van der Waals surface area (Å²) in [6.07, 6.45) is 6.82. The molecule has 0 bridgehead atoms. The van der Waals surface area contributed by atoms with Crippen molar-refractivity contribution in [3.8, 4) is 0 Å². The summed E-state index contributed by atoms with van der Waals surface area (Å²) in [4.78, 5) is 11.6. The molecule has 1 amide bonds. The number of nitrogens with one attached hydrogen (secondary N) is 1. The molecule has 0 radical (unpaired) electrons. The van der Waals surface area contributed by atoms with Crippen LogP contribution in [-0.2, 0) is 4.79 Å². The summed E-state index contributed by atoms with van der Waals surface area (Å²) in [7, 11) is 0.